The van der Waals surface area contributed by atoms with E-state index in [0.29, 0.717) is 5.65 Å². The molecule has 0 atom stereocenters. The van der Waals surface area contributed by atoms with Gasteiger partial charge in [0.15, 0.2) is 5.65 Å². The van der Waals surface area contributed by atoms with Crippen molar-refractivity contribution in [3.63, 3.8) is 0 Å². The average molecular weight is 271 g/mol. The fourth-order valence-electron chi connectivity index (χ4n) is 1.91. The molecule has 3 aromatic heterocycles. The predicted octanol–water partition coefficient (Wildman–Crippen LogP) is 2.54. The van der Waals surface area contributed by atoms with Crippen molar-refractivity contribution in [2.75, 3.05) is 0 Å². The minimum absolute atomic E-state index is 0.246. The van der Waals surface area contributed by atoms with Crippen LogP contribution in [0.3, 0.4) is 0 Å². The van der Waals surface area contributed by atoms with Crippen LogP contribution < -0.4 is 0 Å². The van der Waals surface area contributed by atoms with Gasteiger partial charge in [-0.25, -0.2) is 4.39 Å². The molecule has 4 rings (SSSR count). The van der Waals surface area contributed by atoms with Gasteiger partial charge in [-0.15, -0.1) is 26.6 Å². The number of thiophene rings is 1. The van der Waals surface area contributed by atoms with E-state index in [1.54, 1.807) is 23.5 Å². The molecule has 3 heterocycles. The van der Waals surface area contributed by atoms with E-state index < -0.39 is 0 Å². The number of hydrogen-bond acceptors (Lipinski definition) is 5. The fraction of sp³-hybridized carbons (Fsp3) is 0. The summed E-state index contributed by atoms with van der Waals surface area (Å²) in [5.74, 6) is -0.246. The molecule has 92 valence electrons. The van der Waals surface area contributed by atoms with Crippen LogP contribution in [0.25, 0.3) is 26.3 Å². The molecule has 0 spiro atoms. The zero-order chi connectivity index (χ0) is 12.8. The second-order valence-corrected chi connectivity index (χ2v) is 5.07. The van der Waals surface area contributed by atoms with Crippen molar-refractivity contribution >= 4 is 27.2 Å². The van der Waals surface area contributed by atoms with E-state index in [4.69, 9.17) is 0 Å². The van der Waals surface area contributed by atoms with Gasteiger partial charge in [0.1, 0.15) is 22.4 Å². The summed E-state index contributed by atoms with van der Waals surface area (Å²) in [6.45, 7) is 0. The number of nitrogens with zero attached hydrogens (tertiary/aromatic N) is 5. The Bertz CT molecular complexity index is 880. The first-order valence-electron chi connectivity index (χ1n) is 5.53. The molecule has 0 aliphatic carbocycles. The summed E-state index contributed by atoms with van der Waals surface area (Å²) < 4.78 is 15.4. The molecule has 0 radical (unpaired) electrons. The predicted molar refractivity (Wildman–Crippen MR) is 69.4 cm³/mol. The van der Waals surface area contributed by atoms with Crippen LogP contribution in [0.1, 0.15) is 0 Å². The van der Waals surface area contributed by atoms with E-state index in [-0.39, 0.29) is 5.82 Å². The first kappa shape index (κ1) is 10.5. The number of hydrogen-bond donors (Lipinski definition) is 0. The van der Waals surface area contributed by atoms with E-state index in [1.807, 2.05) is 6.07 Å². The maximum atomic E-state index is 12.9. The number of rotatable bonds is 1. The lowest BCUT2D eigenvalue weighted by atomic mass is 10.2. The van der Waals surface area contributed by atoms with Crippen molar-refractivity contribution < 1.29 is 4.39 Å². The Morgan fingerprint density at radius 1 is 1.11 bits per heavy atom. The Kier molecular flexibility index (Phi) is 2.10. The van der Waals surface area contributed by atoms with E-state index >= 15 is 0 Å². The molecule has 0 fully saturated rings. The van der Waals surface area contributed by atoms with Crippen LogP contribution in [0, 0.1) is 5.82 Å². The summed E-state index contributed by atoms with van der Waals surface area (Å²) in [5, 5.41) is 15.9. The standard InChI is InChI=1S/C12H6FN5S/c13-8-3-1-7(2-4-8)10-5-9-11(19-10)12-16-14-6-18(12)17-15-9/h1-6H. The molecule has 7 heteroatoms. The lowest BCUT2D eigenvalue weighted by Crippen LogP contribution is -1.92. The van der Waals surface area contributed by atoms with Crippen LogP contribution in [0.2, 0.25) is 0 Å². The average Bonchev–Trinajstić information content (AvgIpc) is 3.04. The highest BCUT2D eigenvalue weighted by molar-refractivity contribution is 7.22. The Balaban J connectivity index is 1.98. The summed E-state index contributed by atoms with van der Waals surface area (Å²) in [6, 6.07) is 8.30. The molecule has 0 aliphatic heterocycles. The van der Waals surface area contributed by atoms with Crippen molar-refractivity contribution in [3.8, 4) is 10.4 Å². The van der Waals surface area contributed by atoms with Gasteiger partial charge in [0.05, 0.1) is 0 Å². The third kappa shape index (κ3) is 1.59. The molecule has 0 saturated carbocycles. The van der Waals surface area contributed by atoms with Crippen LogP contribution in [0.15, 0.2) is 36.7 Å². The molecular formula is C12H6FN5S. The number of fused-ring (bicyclic) bond motifs is 3. The largest absolute Gasteiger partial charge is 0.207 e. The summed E-state index contributed by atoms with van der Waals surface area (Å²) in [5.41, 5.74) is 2.40. The summed E-state index contributed by atoms with van der Waals surface area (Å²) in [6.07, 6.45) is 1.51. The highest BCUT2D eigenvalue weighted by Crippen LogP contribution is 2.33. The fourth-order valence-corrected chi connectivity index (χ4v) is 2.99. The molecule has 0 bridgehead atoms. The topological polar surface area (TPSA) is 56.0 Å². The summed E-state index contributed by atoms with van der Waals surface area (Å²) >= 11 is 1.54. The van der Waals surface area contributed by atoms with Crippen LogP contribution in [-0.2, 0) is 0 Å². The van der Waals surface area contributed by atoms with Gasteiger partial charge in [-0.1, -0.05) is 17.3 Å². The van der Waals surface area contributed by atoms with Crippen molar-refractivity contribution in [1.29, 1.82) is 0 Å². The van der Waals surface area contributed by atoms with E-state index in [1.165, 1.54) is 23.0 Å². The number of benzene rings is 1. The lowest BCUT2D eigenvalue weighted by molar-refractivity contribution is 0.628. The summed E-state index contributed by atoms with van der Waals surface area (Å²) in [7, 11) is 0. The second-order valence-electron chi connectivity index (χ2n) is 4.02. The maximum absolute atomic E-state index is 12.9. The Hall–Kier alpha value is -2.41. The third-order valence-corrected chi connectivity index (χ3v) is 3.99. The maximum Gasteiger partial charge on any atom is 0.198 e. The highest BCUT2D eigenvalue weighted by atomic mass is 32.1. The molecule has 1 aromatic carbocycles. The van der Waals surface area contributed by atoms with Gasteiger partial charge in [0.25, 0.3) is 0 Å². The Morgan fingerprint density at radius 2 is 1.95 bits per heavy atom. The van der Waals surface area contributed by atoms with Crippen LogP contribution >= 0.6 is 11.3 Å². The normalized spacial score (nSPS) is 11.4. The van der Waals surface area contributed by atoms with Gasteiger partial charge >= 0.3 is 0 Å². The smallest absolute Gasteiger partial charge is 0.198 e. The van der Waals surface area contributed by atoms with Gasteiger partial charge in [-0.3, -0.25) is 0 Å². The van der Waals surface area contributed by atoms with Crippen molar-refractivity contribution in [2.24, 2.45) is 0 Å². The van der Waals surface area contributed by atoms with Gasteiger partial charge in [-0.05, 0) is 23.8 Å². The monoisotopic (exact) mass is 271 g/mol. The first-order chi connectivity index (χ1) is 9.31. The highest BCUT2D eigenvalue weighted by Gasteiger charge is 2.11. The lowest BCUT2D eigenvalue weighted by Gasteiger charge is -1.95. The molecule has 0 aliphatic rings. The van der Waals surface area contributed by atoms with Gasteiger partial charge in [0, 0.05) is 4.88 Å². The van der Waals surface area contributed by atoms with Crippen LogP contribution in [0.5, 0.6) is 0 Å². The molecule has 4 aromatic rings. The zero-order valence-corrected chi connectivity index (χ0v) is 10.3. The Labute approximate surface area is 110 Å². The Morgan fingerprint density at radius 3 is 2.79 bits per heavy atom. The molecule has 19 heavy (non-hydrogen) atoms. The molecular weight excluding hydrogens is 265 g/mol. The van der Waals surface area contributed by atoms with Gasteiger partial charge in [0.2, 0.25) is 0 Å². The third-order valence-electron chi connectivity index (χ3n) is 2.82. The molecule has 0 N–H and O–H groups in total. The number of halogens is 1. The van der Waals surface area contributed by atoms with Crippen molar-refractivity contribution in [3.05, 3.63) is 42.5 Å². The number of aromatic nitrogens is 5. The molecule has 5 nitrogen and oxygen atoms in total. The van der Waals surface area contributed by atoms with Crippen molar-refractivity contribution in [2.45, 2.75) is 0 Å². The SMILES string of the molecule is Fc1ccc(-c2cc3nnn4cnnc4c3s2)cc1. The second kappa shape index (κ2) is 3.79. The minimum atomic E-state index is -0.246. The van der Waals surface area contributed by atoms with E-state index in [0.717, 1.165) is 20.7 Å². The van der Waals surface area contributed by atoms with Crippen molar-refractivity contribution in [1.82, 2.24) is 25.0 Å². The molecule has 0 saturated heterocycles. The van der Waals surface area contributed by atoms with Crippen LogP contribution in [-0.4, -0.2) is 25.0 Å². The first-order valence-corrected chi connectivity index (χ1v) is 6.35. The quantitative estimate of drug-likeness (QED) is 0.534. The minimum Gasteiger partial charge on any atom is -0.207 e. The van der Waals surface area contributed by atoms with Gasteiger partial charge in [-0.2, -0.15) is 4.52 Å². The van der Waals surface area contributed by atoms with Gasteiger partial charge < -0.3 is 0 Å². The summed E-state index contributed by atoms with van der Waals surface area (Å²) in [4.78, 5) is 1.00. The van der Waals surface area contributed by atoms with E-state index in [2.05, 4.69) is 20.5 Å². The van der Waals surface area contributed by atoms with Crippen LogP contribution in [0.4, 0.5) is 4.39 Å². The molecule has 0 amide bonds. The molecule has 0 unspecified atom stereocenters. The van der Waals surface area contributed by atoms with E-state index in [9.17, 15) is 4.39 Å². The zero-order valence-electron chi connectivity index (χ0n) is 9.49.